The molecule has 96 valence electrons. The zero-order chi connectivity index (χ0) is 13.3. The number of rotatable bonds is 3. The van der Waals surface area contributed by atoms with E-state index in [1.807, 2.05) is 19.1 Å². The normalized spacial score (nSPS) is 21.4. The zero-order valence-electron chi connectivity index (χ0n) is 9.66. The molecule has 2 rings (SSSR count). The predicted octanol–water partition coefficient (Wildman–Crippen LogP) is 1.32. The molecule has 0 aromatic heterocycles. The molecule has 0 saturated carbocycles. The number of nitrogens with one attached hydrogen (secondary N) is 1. The second-order valence-corrected chi connectivity index (χ2v) is 6.09. The van der Waals surface area contributed by atoms with Crippen LogP contribution in [0.15, 0.2) is 35.4 Å². The summed E-state index contributed by atoms with van der Waals surface area (Å²) in [7, 11) is -3.48. The van der Waals surface area contributed by atoms with Crippen LogP contribution in [0, 0.1) is 17.0 Å². The second kappa shape index (κ2) is 4.41. The van der Waals surface area contributed by atoms with E-state index in [1.165, 1.54) is 0 Å². The standard InChI is InChI=1S/C11H12N2O4S/c1-8-2-4-9(5-3-8)12-10-6-18(16,17)7-11(10)13(14)15/h2-6,11-12H,7H2,1H3. The van der Waals surface area contributed by atoms with Crippen molar-refractivity contribution in [1.29, 1.82) is 0 Å². The van der Waals surface area contributed by atoms with Gasteiger partial charge in [0.2, 0.25) is 0 Å². The Morgan fingerprint density at radius 3 is 2.50 bits per heavy atom. The van der Waals surface area contributed by atoms with E-state index < -0.39 is 26.6 Å². The van der Waals surface area contributed by atoms with Gasteiger partial charge >= 0.3 is 0 Å². The number of hydrogen-bond donors (Lipinski definition) is 1. The molecule has 6 nitrogen and oxygen atoms in total. The van der Waals surface area contributed by atoms with Gasteiger partial charge in [0, 0.05) is 10.6 Å². The lowest BCUT2D eigenvalue weighted by Gasteiger charge is -2.09. The Kier molecular flexibility index (Phi) is 3.08. The van der Waals surface area contributed by atoms with Crippen molar-refractivity contribution in [2.75, 3.05) is 11.1 Å². The summed E-state index contributed by atoms with van der Waals surface area (Å²) >= 11 is 0. The second-order valence-electron chi connectivity index (χ2n) is 4.19. The van der Waals surface area contributed by atoms with Gasteiger partial charge in [-0.25, -0.2) is 8.42 Å². The summed E-state index contributed by atoms with van der Waals surface area (Å²) in [5.74, 6) is -0.478. The Labute approximate surface area is 104 Å². The first-order chi connectivity index (χ1) is 8.37. The summed E-state index contributed by atoms with van der Waals surface area (Å²) in [5, 5.41) is 14.5. The van der Waals surface area contributed by atoms with Crippen LogP contribution >= 0.6 is 0 Å². The van der Waals surface area contributed by atoms with Crippen molar-refractivity contribution in [1.82, 2.24) is 0 Å². The maximum atomic E-state index is 11.4. The number of anilines is 1. The van der Waals surface area contributed by atoms with E-state index in [9.17, 15) is 18.5 Å². The molecule has 1 aliphatic rings. The highest BCUT2D eigenvalue weighted by molar-refractivity contribution is 7.94. The molecule has 1 aliphatic heterocycles. The monoisotopic (exact) mass is 268 g/mol. The summed E-state index contributed by atoms with van der Waals surface area (Å²) in [5.41, 5.74) is 1.80. The van der Waals surface area contributed by atoms with E-state index in [0.717, 1.165) is 11.0 Å². The largest absolute Gasteiger partial charge is 0.353 e. The maximum absolute atomic E-state index is 11.4. The van der Waals surface area contributed by atoms with Gasteiger partial charge in [-0.05, 0) is 19.1 Å². The third kappa shape index (κ3) is 2.67. The first kappa shape index (κ1) is 12.6. The van der Waals surface area contributed by atoms with Crippen LogP contribution in [-0.4, -0.2) is 25.1 Å². The van der Waals surface area contributed by atoms with Gasteiger partial charge in [0.05, 0.1) is 5.41 Å². The van der Waals surface area contributed by atoms with Crippen molar-refractivity contribution < 1.29 is 13.3 Å². The summed E-state index contributed by atoms with van der Waals surface area (Å²) in [4.78, 5) is 10.2. The highest BCUT2D eigenvalue weighted by atomic mass is 32.2. The molecular weight excluding hydrogens is 256 g/mol. The highest BCUT2D eigenvalue weighted by Crippen LogP contribution is 2.22. The van der Waals surface area contributed by atoms with Gasteiger partial charge < -0.3 is 5.32 Å². The van der Waals surface area contributed by atoms with Crippen LogP contribution in [0.5, 0.6) is 0 Å². The van der Waals surface area contributed by atoms with Crippen molar-refractivity contribution in [3.05, 3.63) is 51.0 Å². The van der Waals surface area contributed by atoms with Crippen LogP contribution in [0.25, 0.3) is 0 Å². The molecule has 7 heteroatoms. The van der Waals surface area contributed by atoms with Crippen molar-refractivity contribution in [2.45, 2.75) is 13.0 Å². The number of aryl methyl sites for hydroxylation is 1. The van der Waals surface area contributed by atoms with E-state index in [1.54, 1.807) is 12.1 Å². The molecule has 0 spiro atoms. The predicted molar refractivity (Wildman–Crippen MR) is 67.5 cm³/mol. The fourth-order valence-corrected chi connectivity index (χ4v) is 3.16. The number of benzene rings is 1. The van der Waals surface area contributed by atoms with Crippen LogP contribution in [-0.2, 0) is 9.84 Å². The van der Waals surface area contributed by atoms with Crippen LogP contribution in [0.3, 0.4) is 0 Å². The van der Waals surface area contributed by atoms with E-state index in [4.69, 9.17) is 0 Å². The Bertz CT molecular complexity index is 604. The number of sulfone groups is 1. The minimum absolute atomic E-state index is 0.115. The number of nitrogens with zero attached hydrogens (tertiary/aromatic N) is 1. The third-order valence-electron chi connectivity index (χ3n) is 2.65. The number of nitro groups is 1. The Morgan fingerprint density at radius 2 is 1.94 bits per heavy atom. The molecule has 1 heterocycles. The molecular formula is C11H12N2O4S. The molecule has 0 amide bonds. The molecule has 1 atom stereocenters. The SMILES string of the molecule is Cc1ccc(NC2=CS(=O)(=O)CC2[N+](=O)[O-])cc1. The van der Waals surface area contributed by atoms with Crippen molar-refractivity contribution in [2.24, 2.45) is 0 Å². The first-order valence-corrected chi connectivity index (χ1v) is 7.00. The lowest BCUT2D eigenvalue weighted by molar-refractivity contribution is -0.505. The Hall–Kier alpha value is -1.89. The summed E-state index contributed by atoms with van der Waals surface area (Å²) in [6.07, 6.45) is 0. The average molecular weight is 268 g/mol. The molecule has 1 N–H and O–H groups in total. The molecule has 0 aliphatic carbocycles. The topological polar surface area (TPSA) is 89.3 Å². The smallest absolute Gasteiger partial charge is 0.267 e. The number of hydrogen-bond acceptors (Lipinski definition) is 5. The Morgan fingerprint density at radius 1 is 1.33 bits per heavy atom. The molecule has 0 radical (unpaired) electrons. The third-order valence-corrected chi connectivity index (χ3v) is 4.04. The van der Waals surface area contributed by atoms with Crippen LogP contribution in [0.4, 0.5) is 5.69 Å². The van der Waals surface area contributed by atoms with Gasteiger partial charge in [-0.15, -0.1) is 0 Å². The summed E-state index contributed by atoms with van der Waals surface area (Å²) in [6.45, 7) is 1.92. The molecule has 0 saturated heterocycles. The molecule has 1 aromatic carbocycles. The maximum Gasteiger partial charge on any atom is 0.267 e. The van der Waals surface area contributed by atoms with Gasteiger partial charge in [-0.2, -0.15) is 0 Å². The minimum atomic E-state index is -3.48. The van der Waals surface area contributed by atoms with Gasteiger partial charge in [0.15, 0.2) is 9.84 Å². The van der Waals surface area contributed by atoms with Crippen molar-refractivity contribution in [3.63, 3.8) is 0 Å². The summed E-state index contributed by atoms with van der Waals surface area (Å²) in [6, 6.07) is 5.97. The van der Waals surface area contributed by atoms with E-state index >= 15 is 0 Å². The van der Waals surface area contributed by atoms with Gasteiger partial charge in [0.25, 0.3) is 6.04 Å². The summed E-state index contributed by atoms with van der Waals surface area (Å²) < 4.78 is 22.8. The van der Waals surface area contributed by atoms with Crippen molar-refractivity contribution in [3.8, 4) is 0 Å². The van der Waals surface area contributed by atoms with Crippen LogP contribution in [0.1, 0.15) is 5.56 Å². The minimum Gasteiger partial charge on any atom is -0.353 e. The van der Waals surface area contributed by atoms with Gasteiger partial charge in [-0.1, -0.05) is 17.7 Å². The molecule has 1 unspecified atom stereocenters. The van der Waals surface area contributed by atoms with E-state index in [0.29, 0.717) is 5.69 Å². The first-order valence-electron chi connectivity index (χ1n) is 5.29. The fourth-order valence-electron chi connectivity index (χ4n) is 1.72. The fraction of sp³-hybridized carbons (Fsp3) is 0.273. The Balaban J connectivity index is 2.26. The molecule has 0 bridgehead atoms. The highest BCUT2D eigenvalue weighted by Gasteiger charge is 2.38. The molecule has 18 heavy (non-hydrogen) atoms. The average Bonchev–Trinajstić information content (AvgIpc) is 2.57. The van der Waals surface area contributed by atoms with Crippen molar-refractivity contribution >= 4 is 15.5 Å². The van der Waals surface area contributed by atoms with Gasteiger partial charge in [0.1, 0.15) is 11.4 Å². The van der Waals surface area contributed by atoms with Gasteiger partial charge in [-0.3, -0.25) is 10.1 Å². The lowest BCUT2D eigenvalue weighted by Crippen LogP contribution is -2.27. The quantitative estimate of drug-likeness (QED) is 0.659. The molecule has 1 aromatic rings. The van der Waals surface area contributed by atoms with E-state index in [2.05, 4.69) is 5.32 Å². The van der Waals surface area contributed by atoms with E-state index in [-0.39, 0.29) is 5.70 Å². The zero-order valence-corrected chi connectivity index (χ0v) is 10.5. The molecule has 0 fully saturated rings. The van der Waals surface area contributed by atoms with Crippen LogP contribution < -0.4 is 5.32 Å². The lowest BCUT2D eigenvalue weighted by atomic mass is 10.2. The van der Waals surface area contributed by atoms with Crippen LogP contribution in [0.2, 0.25) is 0 Å².